The molecule has 4 rings (SSSR count). The van der Waals surface area contributed by atoms with E-state index in [2.05, 4.69) is 33.9 Å². The summed E-state index contributed by atoms with van der Waals surface area (Å²) in [5, 5.41) is 1.24. The molecule has 1 aliphatic rings. The maximum absolute atomic E-state index is 13.0. The lowest BCUT2D eigenvalue weighted by molar-refractivity contribution is -0.107. The Bertz CT molecular complexity index is 908. The Labute approximate surface area is 159 Å². The Hall–Kier alpha value is -2.46. The van der Waals surface area contributed by atoms with Crippen molar-refractivity contribution >= 4 is 17.2 Å². The number of aromatic nitrogens is 1. The molecule has 1 aromatic heterocycles. The Morgan fingerprint density at radius 2 is 1.74 bits per heavy atom. The normalized spacial score (nSPS) is 16.0. The van der Waals surface area contributed by atoms with Gasteiger partial charge in [0.15, 0.2) is 0 Å². The Morgan fingerprint density at radius 1 is 1.00 bits per heavy atom. The van der Waals surface area contributed by atoms with Gasteiger partial charge < -0.3 is 14.3 Å². The topological polar surface area (TPSA) is 25.2 Å². The minimum Gasteiger partial charge on any atom is -0.344 e. The molecular formula is C23H25FN2O. The van der Waals surface area contributed by atoms with Gasteiger partial charge in [-0.1, -0.05) is 24.3 Å². The quantitative estimate of drug-likeness (QED) is 0.606. The largest absolute Gasteiger partial charge is 0.344 e. The van der Waals surface area contributed by atoms with Crippen LogP contribution in [0.25, 0.3) is 10.9 Å². The van der Waals surface area contributed by atoms with Gasteiger partial charge in [-0.15, -0.1) is 0 Å². The first kappa shape index (κ1) is 17.9. The van der Waals surface area contributed by atoms with Gasteiger partial charge in [0.25, 0.3) is 0 Å². The fraction of sp³-hybridized carbons (Fsp3) is 0.348. The van der Waals surface area contributed by atoms with Crippen LogP contribution in [-0.2, 0) is 17.6 Å². The Morgan fingerprint density at radius 3 is 2.48 bits per heavy atom. The number of likely N-dealkylation sites (tertiary alicyclic amines) is 1. The third kappa shape index (κ3) is 4.11. The molecule has 0 amide bonds. The second kappa shape index (κ2) is 8.05. The fourth-order valence-electron chi connectivity index (χ4n) is 4.10. The van der Waals surface area contributed by atoms with E-state index in [1.807, 2.05) is 18.2 Å². The van der Waals surface area contributed by atoms with Crippen LogP contribution in [0.5, 0.6) is 0 Å². The number of hydrogen-bond acceptors (Lipinski definition) is 2. The van der Waals surface area contributed by atoms with Crippen molar-refractivity contribution in [2.45, 2.75) is 31.7 Å². The first-order valence-corrected chi connectivity index (χ1v) is 9.73. The van der Waals surface area contributed by atoms with Gasteiger partial charge >= 0.3 is 0 Å². The van der Waals surface area contributed by atoms with Crippen molar-refractivity contribution in [2.24, 2.45) is 0 Å². The molecule has 3 nitrogen and oxygen atoms in total. The van der Waals surface area contributed by atoms with Crippen LogP contribution in [0.4, 0.5) is 4.39 Å². The number of rotatable bonds is 6. The lowest BCUT2D eigenvalue weighted by Gasteiger charge is -2.33. The summed E-state index contributed by atoms with van der Waals surface area (Å²) in [5.41, 5.74) is 3.51. The molecule has 2 aromatic carbocycles. The smallest absolute Gasteiger partial charge is 0.124 e. The highest BCUT2D eigenvalue weighted by molar-refractivity contribution is 5.81. The van der Waals surface area contributed by atoms with Crippen LogP contribution in [0.1, 0.15) is 30.0 Å². The molecule has 0 N–H and O–H groups in total. The number of benzene rings is 2. The molecule has 0 unspecified atom stereocenters. The predicted octanol–water partition coefficient (Wildman–Crippen LogP) is 4.40. The molecule has 0 spiro atoms. The molecule has 0 bridgehead atoms. The van der Waals surface area contributed by atoms with E-state index >= 15 is 0 Å². The van der Waals surface area contributed by atoms with Crippen LogP contribution in [0.2, 0.25) is 0 Å². The third-order valence-corrected chi connectivity index (χ3v) is 5.69. The van der Waals surface area contributed by atoms with E-state index in [1.165, 1.54) is 28.6 Å². The SMILES string of the molecule is O=CCc1ccc2ccn(C3CCN(CCc4ccc(F)cc4)CC3)c2c1. The van der Waals surface area contributed by atoms with Crippen molar-refractivity contribution in [3.63, 3.8) is 0 Å². The highest BCUT2D eigenvalue weighted by atomic mass is 19.1. The summed E-state index contributed by atoms with van der Waals surface area (Å²) in [6.07, 6.45) is 6.86. The molecule has 4 heteroatoms. The summed E-state index contributed by atoms with van der Waals surface area (Å²) in [5.74, 6) is -0.171. The number of hydrogen-bond donors (Lipinski definition) is 0. The number of carbonyl (C=O) groups excluding carboxylic acids is 1. The van der Waals surface area contributed by atoms with Gasteiger partial charge in [-0.25, -0.2) is 4.39 Å². The fourth-order valence-corrected chi connectivity index (χ4v) is 4.10. The molecule has 27 heavy (non-hydrogen) atoms. The molecule has 0 atom stereocenters. The first-order chi connectivity index (χ1) is 13.2. The summed E-state index contributed by atoms with van der Waals surface area (Å²) in [6, 6.07) is 15.8. The van der Waals surface area contributed by atoms with Gasteiger partial charge in [0, 0.05) is 43.8 Å². The molecule has 3 aromatic rings. The van der Waals surface area contributed by atoms with Gasteiger partial charge in [-0.05, 0) is 60.0 Å². The molecule has 1 aliphatic heterocycles. The summed E-state index contributed by atoms with van der Waals surface area (Å²) < 4.78 is 15.4. The van der Waals surface area contributed by atoms with Gasteiger partial charge in [0.1, 0.15) is 12.1 Å². The lowest BCUT2D eigenvalue weighted by atomic mass is 10.0. The number of carbonyl (C=O) groups is 1. The van der Waals surface area contributed by atoms with Crippen molar-refractivity contribution < 1.29 is 9.18 Å². The summed E-state index contributed by atoms with van der Waals surface area (Å²) in [4.78, 5) is 13.3. The van der Waals surface area contributed by atoms with E-state index in [0.717, 1.165) is 50.7 Å². The Kier molecular flexibility index (Phi) is 5.35. The standard InChI is InChI=1S/C23H25FN2O/c24-21-5-2-18(3-6-21)7-12-25-13-9-22(10-14-25)26-15-8-20-4-1-19(11-16-27)17-23(20)26/h1-6,8,15-17,22H,7,9-14H2. The van der Waals surface area contributed by atoms with Gasteiger partial charge in [0.05, 0.1) is 0 Å². The van der Waals surface area contributed by atoms with Crippen LogP contribution in [-0.4, -0.2) is 35.4 Å². The minimum atomic E-state index is -0.171. The van der Waals surface area contributed by atoms with Crippen LogP contribution >= 0.6 is 0 Å². The van der Waals surface area contributed by atoms with Gasteiger partial charge in [0.2, 0.25) is 0 Å². The van der Waals surface area contributed by atoms with Crippen molar-refractivity contribution in [3.05, 3.63) is 71.7 Å². The molecule has 140 valence electrons. The minimum absolute atomic E-state index is 0.171. The predicted molar refractivity (Wildman–Crippen MR) is 107 cm³/mol. The maximum atomic E-state index is 13.0. The van der Waals surface area contributed by atoms with Crippen molar-refractivity contribution in [1.29, 1.82) is 0 Å². The van der Waals surface area contributed by atoms with E-state index in [0.29, 0.717) is 12.5 Å². The first-order valence-electron chi connectivity index (χ1n) is 9.73. The van der Waals surface area contributed by atoms with Gasteiger partial charge in [-0.2, -0.15) is 0 Å². The number of piperidine rings is 1. The second-order valence-corrected chi connectivity index (χ2v) is 7.44. The zero-order valence-electron chi connectivity index (χ0n) is 15.5. The average Bonchev–Trinajstić information content (AvgIpc) is 3.11. The number of aldehydes is 1. The highest BCUT2D eigenvalue weighted by Gasteiger charge is 2.21. The van der Waals surface area contributed by atoms with Crippen LogP contribution < -0.4 is 0 Å². The molecule has 0 radical (unpaired) electrons. The number of halogens is 1. The monoisotopic (exact) mass is 364 g/mol. The molecule has 1 saturated heterocycles. The van der Waals surface area contributed by atoms with Crippen molar-refractivity contribution in [2.75, 3.05) is 19.6 Å². The second-order valence-electron chi connectivity index (χ2n) is 7.44. The summed E-state index contributed by atoms with van der Waals surface area (Å²) >= 11 is 0. The molecular weight excluding hydrogens is 339 g/mol. The van der Waals surface area contributed by atoms with Crippen LogP contribution in [0.3, 0.4) is 0 Å². The van der Waals surface area contributed by atoms with E-state index < -0.39 is 0 Å². The lowest BCUT2D eigenvalue weighted by Crippen LogP contribution is -2.35. The van der Waals surface area contributed by atoms with Crippen molar-refractivity contribution in [3.8, 4) is 0 Å². The third-order valence-electron chi connectivity index (χ3n) is 5.69. The highest BCUT2D eigenvalue weighted by Crippen LogP contribution is 2.28. The number of nitrogens with zero attached hydrogens (tertiary/aromatic N) is 2. The molecule has 0 aliphatic carbocycles. The summed E-state index contributed by atoms with van der Waals surface area (Å²) in [7, 11) is 0. The molecule has 2 heterocycles. The van der Waals surface area contributed by atoms with E-state index in [1.54, 1.807) is 0 Å². The number of fused-ring (bicyclic) bond motifs is 1. The van der Waals surface area contributed by atoms with E-state index in [9.17, 15) is 9.18 Å². The molecule has 0 saturated carbocycles. The van der Waals surface area contributed by atoms with Crippen LogP contribution in [0.15, 0.2) is 54.7 Å². The Balaban J connectivity index is 1.37. The average molecular weight is 364 g/mol. The van der Waals surface area contributed by atoms with Gasteiger partial charge in [-0.3, -0.25) is 0 Å². The summed E-state index contributed by atoms with van der Waals surface area (Å²) in [6.45, 7) is 3.19. The van der Waals surface area contributed by atoms with E-state index in [4.69, 9.17) is 0 Å². The zero-order valence-corrected chi connectivity index (χ0v) is 15.5. The zero-order chi connectivity index (χ0) is 18.6. The van der Waals surface area contributed by atoms with Crippen molar-refractivity contribution in [1.82, 2.24) is 9.47 Å². The van der Waals surface area contributed by atoms with E-state index in [-0.39, 0.29) is 5.82 Å². The molecule has 1 fully saturated rings. The maximum Gasteiger partial charge on any atom is 0.124 e. The van der Waals surface area contributed by atoms with Crippen LogP contribution in [0, 0.1) is 5.82 Å².